The molecule has 0 aliphatic carbocycles. The van der Waals surface area contributed by atoms with Crippen molar-refractivity contribution in [2.45, 2.75) is 6.10 Å². The third kappa shape index (κ3) is 2.86. The van der Waals surface area contributed by atoms with Gasteiger partial charge in [-0.1, -0.05) is 53.8 Å². The predicted octanol–water partition coefficient (Wildman–Crippen LogP) is 4.50. The Morgan fingerprint density at radius 3 is 2.71 bits per heavy atom. The minimum absolute atomic E-state index is 0.125. The number of thiazole rings is 1. The summed E-state index contributed by atoms with van der Waals surface area (Å²) in [5.41, 5.74) is 1.49. The third-order valence-corrected chi connectivity index (χ3v) is 6.07. The van der Waals surface area contributed by atoms with Gasteiger partial charge in [0.25, 0.3) is 0 Å². The maximum Gasteiger partial charge on any atom is 0.339 e. The number of hydrogen-bond acceptors (Lipinski definition) is 6. The Balaban J connectivity index is 1.29. The Labute approximate surface area is 166 Å². The van der Waals surface area contributed by atoms with Crippen molar-refractivity contribution in [3.63, 3.8) is 0 Å². The maximum atomic E-state index is 12.7. The normalized spacial score (nSPS) is 14.2. The fourth-order valence-corrected chi connectivity index (χ4v) is 4.50. The number of nitrogens with zero attached hydrogens (tertiary/aromatic N) is 2. The molecule has 6 heteroatoms. The van der Waals surface area contributed by atoms with E-state index in [0.29, 0.717) is 18.7 Å². The van der Waals surface area contributed by atoms with Crippen molar-refractivity contribution in [3.05, 3.63) is 66.2 Å². The molecule has 0 saturated carbocycles. The number of esters is 1. The van der Waals surface area contributed by atoms with E-state index in [-0.39, 0.29) is 12.1 Å². The van der Waals surface area contributed by atoms with Crippen LogP contribution in [0.1, 0.15) is 10.4 Å². The van der Waals surface area contributed by atoms with Crippen LogP contribution in [0, 0.1) is 0 Å². The number of hydrogen-bond donors (Lipinski definition) is 0. The van der Waals surface area contributed by atoms with Crippen molar-refractivity contribution in [1.82, 2.24) is 4.98 Å². The summed E-state index contributed by atoms with van der Waals surface area (Å²) in [6.45, 7) is 1.30. The first kappa shape index (κ1) is 17.0. The molecule has 3 aromatic carbocycles. The molecule has 0 amide bonds. The molecule has 0 radical (unpaired) electrons. The summed E-state index contributed by atoms with van der Waals surface area (Å²) >= 11 is 1.62. The van der Waals surface area contributed by atoms with Crippen molar-refractivity contribution in [2.75, 3.05) is 25.1 Å². The van der Waals surface area contributed by atoms with E-state index in [1.54, 1.807) is 18.4 Å². The first-order valence-electron chi connectivity index (χ1n) is 9.10. The Morgan fingerprint density at radius 1 is 1.07 bits per heavy atom. The Hall–Kier alpha value is -3.12. The second kappa shape index (κ2) is 6.80. The molecule has 0 unspecified atom stereocenters. The van der Waals surface area contributed by atoms with E-state index >= 15 is 0 Å². The fourth-order valence-electron chi connectivity index (χ4n) is 3.50. The Bertz CT molecular complexity index is 1180. The summed E-state index contributed by atoms with van der Waals surface area (Å²) in [7, 11) is 1.65. The van der Waals surface area contributed by atoms with E-state index in [1.165, 1.54) is 0 Å². The quantitative estimate of drug-likeness (QED) is 0.480. The van der Waals surface area contributed by atoms with Gasteiger partial charge >= 0.3 is 5.97 Å². The first-order chi connectivity index (χ1) is 13.7. The van der Waals surface area contributed by atoms with Crippen molar-refractivity contribution in [2.24, 2.45) is 0 Å². The lowest BCUT2D eigenvalue weighted by atomic mass is 10.0. The number of carbonyl (C=O) groups is 1. The van der Waals surface area contributed by atoms with E-state index in [1.807, 2.05) is 60.7 Å². The van der Waals surface area contributed by atoms with Crippen LogP contribution in [0.3, 0.4) is 0 Å². The van der Waals surface area contributed by atoms with E-state index in [4.69, 9.17) is 14.5 Å². The van der Waals surface area contributed by atoms with Crippen molar-refractivity contribution >= 4 is 43.4 Å². The predicted molar refractivity (Wildman–Crippen MR) is 112 cm³/mol. The summed E-state index contributed by atoms with van der Waals surface area (Å²) in [6, 6.07) is 19.5. The molecule has 1 aliphatic rings. The number of para-hydroxylation sites is 1. The molecule has 28 heavy (non-hydrogen) atoms. The Kier molecular flexibility index (Phi) is 4.13. The second-order valence-corrected chi connectivity index (χ2v) is 7.77. The zero-order valence-electron chi connectivity index (χ0n) is 15.3. The van der Waals surface area contributed by atoms with Gasteiger partial charge in [-0.15, -0.1) is 0 Å². The van der Waals surface area contributed by atoms with Crippen LogP contribution in [0.15, 0.2) is 60.7 Å². The van der Waals surface area contributed by atoms with Crippen LogP contribution < -0.4 is 9.64 Å². The molecule has 1 saturated heterocycles. The van der Waals surface area contributed by atoms with Gasteiger partial charge in [0, 0.05) is 0 Å². The average molecular weight is 390 g/mol. The summed E-state index contributed by atoms with van der Waals surface area (Å²) in [5.74, 6) is 0.506. The lowest BCUT2D eigenvalue weighted by Crippen LogP contribution is -2.53. The van der Waals surface area contributed by atoms with E-state index in [0.717, 1.165) is 31.9 Å². The van der Waals surface area contributed by atoms with Crippen LogP contribution in [-0.4, -0.2) is 37.3 Å². The minimum atomic E-state index is -0.271. The second-order valence-electron chi connectivity index (χ2n) is 6.76. The standard InChI is InChI=1S/C22H18N2O3S/c1-26-18-10-5-11-19-20(18)23-22(28-19)24-12-15(13-24)27-21(25)17-9-4-7-14-6-2-3-8-16(14)17/h2-11,15H,12-13H2,1H3. The number of ether oxygens (including phenoxy) is 2. The molecule has 2 heterocycles. The summed E-state index contributed by atoms with van der Waals surface area (Å²) in [6.07, 6.45) is -0.125. The highest BCUT2D eigenvalue weighted by Gasteiger charge is 2.32. The molecule has 1 aliphatic heterocycles. The van der Waals surface area contributed by atoms with Crippen molar-refractivity contribution in [1.29, 1.82) is 0 Å². The minimum Gasteiger partial charge on any atom is -0.494 e. The topological polar surface area (TPSA) is 51.7 Å². The molecule has 140 valence electrons. The number of methoxy groups -OCH3 is 1. The zero-order chi connectivity index (χ0) is 19.1. The fraction of sp³-hybridized carbons (Fsp3) is 0.182. The number of benzene rings is 3. The molecule has 0 atom stereocenters. The molecule has 5 rings (SSSR count). The molecular formula is C22H18N2O3S. The van der Waals surface area contributed by atoms with Crippen LogP contribution in [0.4, 0.5) is 5.13 Å². The lowest BCUT2D eigenvalue weighted by molar-refractivity contribution is 0.0236. The summed E-state index contributed by atoms with van der Waals surface area (Å²) in [5, 5.41) is 2.89. The van der Waals surface area contributed by atoms with E-state index < -0.39 is 0 Å². The van der Waals surface area contributed by atoms with E-state index in [9.17, 15) is 4.79 Å². The molecule has 4 aromatic rings. The van der Waals surface area contributed by atoms with Crippen LogP contribution in [-0.2, 0) is 4.74 Å². The number of fused-ring (bicyclic) bond motifs is 2. The third-order valence-electron chi connectivity index (χ3n) is 4.99. The zero-order valence-corrected chi connectivity index (χ0v) is 16.1. The lowest BCUT2D eigenvalue weighted by Gasteiger charge is -2.38. The molecule has 0 N–H and O–H groups in total. The molecular weight excluding hydrogens is 372 g/mol. The van der Waals surface area contributed by atoms with Crippen LogP contribution in [0.25, 0.3) is 21.0 Å². The van der Waals surface area contributed by atoms with Gasteiger partial charge in [-0.2, -0.15) is 0 Å². The first-order valence-corrected chi connectivity index (χ1v) is 9.92. The van der Waals surface area contributed by atoms with Crippen LogP contribution in [0.2, 0.25) is 0 Å². The Morgan fingerprint density at radius 2 is 1.86 bits per heavy atom. The SMILES string of the molecule is COc1cccc2sc(N3CC(OC(=O)c4cccc5ccccc45)C3)nc12. The molecule has 0 spiro atoms. The van der Waals surface area contributed by atoms with Gasteiger partial charge in [0.15, 0.2) is 5.13 Å². The summed E-state index contributed by atoms with van der Waals surface area (Å²) in [4.78, 5) is 19.5. The highest BCUT2D eigenvalue weighted by atomic mass is 32.1. The molecule has 1 aromatic heterocycles. The largest absolute Gasteiger partial charge is 0.494 e. The monoisotopic (exact) mass is 390 g/mol. The van der Waals surface area contributed by atoms with Crippen molar-refractivity contribution in [3.8, 4) is 5.75 Å². The van der Waals surface area contributed by atoms with Gasteiger partial charge in [-0.05, 0) is 29.0 Å². The molecule has 1 fully saturated rings. The van der Waals surface area contributed by atoms with Crippen LogP contribution >= 0.6 is 11.3 Å². The maximum absolute atomic E-state index is 12.7. The summed E-state index contributed by atoms with van der Waals surface area (Å²) < 4.78 is 12.2. The highest BCUT2D eigenvalue weighted by Crippen LogP contribution is 2.36. The van der Waals surface area contributed by atoms with Gasteiger partial charge < -0.3 is 14.4 Å². The van der Waals surface area contributed by atoms with Gasteiger partial charge in [0.2, 0.25) is 0 Å². The van der Waals surface area contributed by atoms with Crippen LogP contribution in [0.5, 0.6) is 5.75 Å². The average Bonchev–Trinajstić information content (AvgIpc) is 3.13. The van der Waals surface area contributed by atoms with Gasteiger partial charge in [-0.3, -0.25) is 0 Å². The molecule has 5 nitrogen and oxygen atoms in total. The number of carbonyl (C=O) groups excluding carboxylic acids is 1. The van der Waals surface area contributed by atoms with Gasteiger partial charge in [0.1, 0.15) is 17.4 Å². The number of aromatic nitrogens is 1. The molecule has 0 bridgehead atoms. The van der Waals surface area contributed by atoms with Gasteiger partial charge in [0.05, 0.1) is 30.5 Å². The number of rotatable bonds is 4. The smallest absolute Gasteiger partial charge is 0.339 e. The van der Waals surface area contributed by atoms with Crippen molar-refractivity contribution < 1.29 is 14.3 Å². The highest BCUT2D eigenvalue weighted by molar-refractivity contribution is 7.22. The van der Waals surface area contributed by atoms with Gasteiger partial charge in [-0.25, -0.2) is 9.78 Å². The number of anilines is 1. The van der Waals surface area contributed by atoms with E-state index in [2.05, 4.69) is 4.90 Å².